The molecule has 0 saturated heterocycles. The van der Waals surface area contributed by atoms with Crippen molar-refractivity contribution in [3.8, 4) is 0 Å². The van der Waals surface area contributed by atoms with E-state index in [1.54, 1.807) is 6.20 Å². The number of pyridine rings is 1. The van der Waals surface area contributed by atoms with Crippen LogP contribution in [0.4, 0.5) is 0 Å². The lowest BCUT2D eigenvalue weighted by atomic mass is 9.95. The van der Waals surface area contributed by atoms with Crippen molar-refractivity contribution < 1.29 is 0 Å². The molecule has 1 unspecified atom stereocenters. The average Bonchev–Trinajstić information content (AvgIpc) is 2.48. The van der Waals surface area contributed by atoms with E-state index in [1.165, 1.54) is 0 Å². The third-order valence-corrected chi connectivity index (χ3v) is 3.87. The molecule has 3 N–H and O–H groups in total. The Labute approximate surface area is 125 Å². The molecule has 1 heterocycles. The summed E-state index contributed by atoms with van der Waals surface area (Å²) in [6.07, 6.45) is 3.68. The minimum absolute atomic E-state index is 0.0691. The van der Waals surface area contributed by atoms with Gasteiger partial charge < -0.3 is 0 Å². The average molecular weight is 328 g/mol. The van der Waals surface area contributed by atoms with E-state index >= 15 is 0 Å². The van der Waals surface area contributed by atoms with Gasteiger partial charge in [-0.1, -0.05) is 46.3 Å². The van der Waals surface area contributed by atoms with Crippen LogP contribution in [-0.4, -0.2) is 4.98 Å². The van der Waals surface area contributed by atoms with Crippen molar-refractivity contribution >= 4 is 26.7 Å². The zero-order valence-corrected chi connectivity index (χ0v) is 12.3. The number of aromatic nitrogens is 1. The summed E-state index contributed by atoms with van der Waals surface area (Å²) >= 11 is 3.50. The molecule has 20 heavy (non-hydrogen) atoms. The number of fused-ring (bicyclic) bond motifs is 1. The van der Waals surface area contributed by atoms with Gasteiger partial charge in [0.15, 0.2) is 0 Å². The lowest BCUT2D eigenvalue weighted by molar-refractivity contribution is 0.640. The summed E-state index contributed by atoms with van der Waals surface area (Å²) in [5.74, 6) is 5.79. The Kier molecular flexibility index (Phi) is 3.78. The topological polar surface area (TPSA) is 50.9 Å². The van der Waals surface area contributed by atoms with E-state index in [1.807, 2.05) is 30.5 Å². The molecule has 1 aromatic heterocycles. The Hall–Kier alpha value is -1.75. The lowest BCUT2D eigenvalue weighted by Crippen LogP contribution is -2.29. The second-order valence-electron chi connectivity index (χ2n) is 4.60. The standard InChI is InChI=1S/C16H14BrN3/c17-13-5-1-4-12(9-13)16(20-18)14-6-2-3-11-7-8-19-10-15(11)14/h1-10,16,20H,18H2. The number of hydrogen-bond acceptors (Lipinski definition) is 3. The highest BCUT2D eigenvalue weighted by Crippen LogP contribution is 2.29. The third kappa shape index (κ3) is 2.45. The fourth-order valence-corrected chi connectivity index (χ4v) is 2.86. The second kappa shape index (κ2) is 5.71. The van der Waals surface area contributed by atoms with E-state index in [9.17, 15) is 0 Å². The van der Waals surface area contributed by atoms with Crippen LogP contribution in [0.2, 0.25) is 0 Å². The summed E-state index contributed by atoms with van der Waals surface area (Å²) in [5, 5.41) is 2.27. The van der Waals surface area contributed by atoms with E-state index in [2.05, 4.69) is 50.6 Å². The minimum atomic E-state index is -0.0691. The van der Waals surface area contributed by atoms with Gasteiger partial charge in [-0.2, -0.15) is 0 Å². The van der Waals surface area contributed by atoms with Gasteiger partial charge >= 0.3 is 0 Å². The van der Waals surface area contributed by atoms with Crippen LogP contribution in [0.15, 0.2) is 65.4 Å². The highest BCUT2D eigenvalue weighted by Gasteiger charge is 2.15. The molecule has 100 valence electrons. The van der Waals surface area contributed by atoms with Crippen molar-refractivity contribution in [2.24, 2.45) is 5.84 Å². The van der Waals surface area contributed by atoms with Gasteiger partial charge in [-0.3, -0.25) is 10.8 Å². The van der Waals surface area contributed by atoms with E-state index in [0.717, 1.165) is 26.4 Å². The number of nitrogens with two attached hydrogens (primary N) is 1. The Morgan fingerprint density at radius 2 is 1.95 bits per heavy atom. The van der Waals surface area contributed by atoms with Gasteiger partial charge in [0.1, 0.15) is 0 Å². The van der Waals surface area contributed by atoms with Gasteiger partial charge in [0.05, 0.1) is 6.04 Å². The first-order valence-electron chi connectivity index (χ1n) is 6.34. The predicted octanol–water partition coefficient (Wildman–Crippen LogP) is 3.55. The first kappa shape index (κ1) is 13.2. The number of hydrogen-bond donors (Lipinski definition) is 2. The molecule has 4 heteroatoms. The fraction of sp³-hybridized carbons (Fsp3) is 0.0625. The first-order chi connectivity index (χ1) is 9.79. The van der Waals surface area contributed by atoms with Crippen molar-refractivity contribution in [2.75, 3.05) is 0 Å². The Morgan fingerprint density at radius 1 is 1.10 bits per heavy atom. The Morgan fingerprint density at radius 3 is 2.75 bits per heavy atom. The van der Waals surface area contributed by atoms with Crippen LogP contribution in [0.5, 0.6) is 0 Å². The summed E-state index contributed by atoms with van der Waals surface area (Å²) in [6, 6.07) is 16.3. The van der Waals surface area contributed by atoms with Crippen LogP contribution in [-0.2, 0) is 0 Å². The number of nitrogens with zero attached hydrogens (tertiary/aromatic N) is 1. The number of nitrogens with one attached hydrogen (secondary N) is 1. The monoisotopic (exact) mass is 327 g/mol. The molecule has 0 aliphatic rings. The molecule has 0 aliphatic heterocycles. The number of hydrazine groups is 1. The third-order valence-electron chi connectivity index (χ3n) is 3.38. The van der Waals surface area contributed by atoms with Crippen LogP contribution in [0.3, 0.4) is 0 Å². The Balaban J connectivity index is 2.17. The van der Waals surface area contributed by atoms with E-state index in [0.29, 0.717) is 0 Å². The molecule has 3 aromatic rings. The van der Waals surface area contributed by atoms with Gasteiger partial charge in [-0.15, -0.1) is 0 Å². The van der Waals surface area contributed by atoms with E-state index < -0.39 is 0 Å². The molecule has 3 rings (SSSR count). The van der Waals surface area contributed by atoms with Gasteiger partial charge in [-0.05, 0) is 34.7 Å². The summed E-state index contributed by atoms with van der Waals surface area (Å²) in [4.78, 5) is 4.22. The summed E-state index contributed by atoms with van der Waals surface area (Å²) in [5.41, 5.74) is 5.14. The van der Waals surface area contributed by atoms with E-state index in [4.69, 9.17) is 5.84 Å². The first-order valence-corrected chi connectivity index (χ1v) is 7.13. The normalized spacial score (nSPS) is 12.5. The molecule has 2 aromatic carbocycles. The van der Waals surface area contributed by atoms with Crippen molar-refractivity contribution in [3.05, 3.63) is 76.5 Å². The van der Waals surface area contributed by atoms with E-state index in [-0.39, 0.29) is 6.04 Å². The van der Waals surface area contributed by atoms with Crippen LogP contribution in [0.1, 0.15) is 17.2 Å². The van der Waals surface area contributed by atoms with Gasteiger partial charge in [0.2, 0.25) is 0 Å². The van der Waals surface area contributed by atoms with Crippen LogP contribution >= 0.6 is 15.9 Å². The summed E-state index contributed by atoms with van der Waals surface area (Å²) < 4.78 is 1.04. The molecule has 0 radical (unpaired) electrons. The molecule has 0 bridgehead atoms. The van der Waals surface area contributed by atoms with Crippen molar-refractivity contribution in [2.45, 2.75) is 6.04 Å². The quantitative estimate of drug-likeness (QED) is 0.571. The SMILES string of the molecule is NNC(c1cccc(Br)c1)c1cccc2ccncc12. The summed E-state index contributed by atoms with van der Waals surface area (Å²) in [6.45, 7) is 0. The molecular formula is C16H14BrN3. The maximum absolute atomic E-state index is 5.79. The fourth-order valence-electron chi connectivity index (χ4n) is 2.44. The van der Waals surface area contributed by atoms with Gasteiger partial charge in [0, 0.05) is 22.3 Å². The zero-order chi connectivity index (χ0) is 13.9. The molecular weight excluding hydrogens is 314 g/mol. The molecule has 0 aliphatic carbocycles. The maximum Gasteiger partial charge on any atom is 0.0717 e. The smallest absolute Gasteiger partial charge is 0.0717 e. The number of rotatable bonds is 3. The highest BCUT2D eigenvalue weighted by atomic mass is 79.9. The van der Waals surface area contributed by atoms with Crippen molar-refractivity contribution in [1.82, 2.24) is 10.4 Å². The van der Waals surface area contributed by atoms with Crippen LogP contribution < -0.4 is 11.3 Å². The lowest BCUT2D eigenvalue weighted by Gasteiger charge is -2.19. The van der Waals surface area contributed by atoms with Crippen molar-refractivity contribution in [1.29, 1.82) is 0 Å². The molecule has 3 nitrogen and oxygen atoms in total. The summed E-state index contributed by atoms with van der Waals surface area (Å²) in [7, 11) is 0. The molecule has 0 saturated carbocycles. The highest BCUT2D eigenvalue weighted by molar-refractivity contribution is 9.10. The number of benzene rings is 2. The van der Waals surface area contributed by atoms with Crippen molar-refractivity contribution in [3.63, 3.8) is 0 Å². The van der Waals surface area contributed by atoms with Crippen LogP contribution in [0.25, 0.3) is 10.8 Å². The van der Waals surface area contributed by atoms with Crippen LogP contribution in [0, 0.1) is 0 Å². The molecule has 0 amide bonds. The molecule has 1 atom stereocenters. The predicted molar refractivity (Wildman–Crippen MR) is 85.1 cm³/mol. The molecule has 0 fully saturated rings. The van der Waals surface area contributed by atoms with Gasteiger partial charge in [0.25, 0.3) is 0 Å². The second-order valence-corrected chi connectivity index (χ2v) is 5.51. The minimum Gasteiger partial charge on any atom is -0.271 e. The molecule has 0 spiro atoms. The zero-order valence-electron chi connectivity index (χ0n) is 10.8. The largest absolute Gasteiger partial charge is 0.271 e. The van der Waals surface area contributed by atoms with Gasteiger partial charge in [-0.25, -0.2) is 5.43 Å². The maximum atomic E-state index is 5.79. The number of halogens is 1. The Bertz CT molecular complexity index is 737.